The van der Waals surface area contributed by atoms with Crippen molar-refractivity contribution >= 4 is 5.91 Å². The number of ether oxygens (including phenoxy) is 4. The lowest BCUT2D eigenvalue weighted by molar-refractivity contribution is -0.158. The number of likely N-dealkylation sites (tertiary alicyclic amines) is 1. The van der Waals surface area contributed by atoms with Gasteiger partial charge in [-0.05, 0) is 30.5 Å². The minimum Gasteiger partial charge on any atom is -0.493 e. The number of rotatable bonds is 4. The number of carbonyl (C=O) groups excluding carboxylic acids is 1. The van der Waals surface area contributed by atoms with E-state index >= 15 is 0 Å². The SMILES string of the molecule is COc1ccc([C@@H]2CCCN2C(=O)[C@@H]2COCCO2)cc1OC. The molecule has 2 saturated heterocycles. The predicted molar refractivity (Wildman–Crippen MR) is 83.8 cm³/mol. The Morgan fingerprint density at radius 1 is 1.22 bits per heavy atom. The molecule has 0 radical (unpaired) electrons. The fourth-order valence-electron chi connectivity index (χ4n) is 3.25. The van der Waals surface area contributed by atoms with Gasteiger partial charge in [0.25, 0.3) is 5.91 Å². The molecule has 0 unspecified atom stereocenters. The summed E-state index contributed by atoms with van der Waals surface area (Å²) in [6.45, 7) is 2.12. The summed E-state index contributed by atoms with van der Waals surface area (Å²) in [6.07, 6.45) is 1.44. The average molecular weight is 321 g/mol. The highest BCUT2D eigenvalue weighted by molar-refractivity contribution is 5.82. The van der Waals surface area contributed by atoms with Crippen LogP contribution in [-0.4, -0.2) is 57.5 Å². The molecule has 2 fully saturated rings. The Morgan fingerprint density at radius 2 is 2.04 bits per heavy atom. The summed E-state index contributed by atoms with van der Waals surface area (Å²) in [7, 11) is 3.23. The van der Waals surface area contributed by atoms with E-state index in [4.69, 9.17) is 18.9 Å². The van der Waals surface area contributed by atoms with Crippen LogP contribution in [0.25, 0.3) is 0 Å². The largest absolute Gasteiger partial charge is 0.493 e. The molecule has 2 heterocycles. The number of benzene rings is 1. The van der Waals surface area contributed by atoms with Crippen molar-refractivity contribution < 1.29 is 23.7 Å². The molecule has 0 aromatic heterocycles. The molecule has 0 saturated carbocycles. The van der Waals surface area contributed by atoms with Gasteiger partial charge in [-0.3, -0.25) is 4.79 Å². The summed E-state index contributed by atoms with van der Waals surface area (Å²) < 4.78 is 21.6. The molecule has 0 aliphatic carbocycles. The van der Waals surface area contributed by atoms with Crippen molar-refractivity contribution in [3.8, 4) is 11.5 Å². The molecule has 2 aliphatic rings. The van der Waals surface area contributed by atoms with Gasteiger partial charge in [0.2, 0.25) is 0 Å². The number of hydrogen-bond acceptors (Lipinski definition) is 5. The quantitative estimate of drug-likeness (QED) is 0.846. The minimum absolute atomic E-state index is 0.0157. The lowest BCUT2D eigenvalue weighted by Gasteiger charge is -2.31. The lowest BCUT2D eigenvalue weighted by atomic mass is 10.0. The molecule has 3 rings (SSSR count). The van der Waals surface area contributed by atoms with Gasteiger partial charge in [0.05, 0.1) is 40.1 Å². The Kier molecular flexibility index (Phi) is 5.03. The van der Waals surface area contributed by atoms with Crippen LogP contribution in [0.15, 0.2) is 18.2 Å². The van der Waals surface area contributed by atoms with Crippen LogP contribution in [0.3, 0.4) is 0 Å². The summed E-state index contributed by atoms with van der Waals surface area (Å²) in [5.74, 6) is 1.39. The molecule has 0 N–H and O–H groups in total. The highest BCUT2D eigenvalue weighted by atomic mass is 16.6. The Labute approximate surface area is 136 Å². The molecule has 0 bridgehead atoms. The number of hydrogen-bond donors (Lipinski definition) is 0. The van der Waals surface area contributed by atoms with E-state index in [0.29, 0.717) is 31.3 Å². The Balaban J connectivity index is 1.79. The van der Waals surface area contributed by atoms with E-state index in [9.17, 15) is 4.79 Å². The van der Waals surface area contributed by atoms with Gasteiger partial charge in [-0.25, -0.2) is 0 Å². The van der Waals surface area contributed by atoms with Crippen LogP contribution >= 0.6 is 0 Å². The molecule has 0 spiro atoms. The summed E-state index contributed by atoms with van der Waals surface area (Å²) in [5.41, 5.74) is 1.06. The maximum atomic E-state index is 12.7. The van der Waals surface area contributed by atoms with Gasteiger partial charge in [0, 0.05) is 6.54 Å². The Morgan fingerprint density at radius 3 is 2.74 bits per heavy atom. The third-order valence-corrected chi connectivity index (χ3v) is 4.42. The summed E-state index contributed by atoms with van der Waals surface area (Å²) in [6, 6.07) is 5.88. The maximum Gasteiger partial charge on any atom is 0.254 e. The summed E-state index contributed by atoms with van der Waals surface area (Å²) in [4.78, 5) is 14.6. The second-order valence-corrected chi connectivity index (χ2v) is 5.74. The second-order valence-electron chi connectivity index (χ2n) is 5.74. The van der Waals surface area contributed by atoms with Crippen LogP contribution < -0.4 is 9.47 Å². The molecular weight excluding hydrogens is 298 g/mol. The normalized spacial score (nSPS) is 24.5. The molecule has 126 valence electrons. The van der Waals surface area contributed by atoms with E-state index in [1.807, 2.05) is 23.1 Å². The van der Waals surface area contributed by atoms with Crippen molar-refractivity contribution in [2.75, 3.05) is 40.6 Å². The molecule has 1 amide bonds. The summed E-state index contributed by atoms with van der Waals surface area (Å²) >= 11 is 0. The summed E-state index contributed by atoms with van der Waals surface area (Å²) in [5, 5.41) is 0. The van der Waals surface area contributed by atoms with Crippen molar-refractivity contribution in [3.05, 3.63) is 23.8 Å². The minimum atomic E-state index is -0.482. The maximum absolute atomic E-state index is 12.7. The van der Waals surface area contributed by atoms with E-state index in [2.05, 4.69) is 0 Å². The van der Waals surface area contributed by atoms with Gasteiger partial charge >= 0.3 is 0 Å². The van der Waals surface area contributed by atoms with Crippen molar-refractivity contribution in [2.45, 2.75) is 25.0 Å². The van der Waals surface area contributed by atoms with Crippen molar-refractivity contribution in [2.24, 2.45) is 0 Å². The fraction of sp³-hybridized carbons (Fsp3) is 0.588. The first kappa shape index (κ1) is 16.1. The second kappa shape index (κ2) is 7.19. The van der Waals surface area contributed by atoms with E-state index in [0.717, 1.165) is 24.9 Å². The van der Waals surface area contributed by atoms with Crippen LogP contribution in [0.1, 0.15) is 24.4 Å². The third kappa shape index (κ3) is 3.28. The molecular formula is C17H23NO5. The van der Waals surface area contributed by atoms with Gasteiger partial charge in [0.1, 0.15) is 0 Å². The van der Waals surface area contributed by atoms with E-state index in [1.165, 1.54) is 0 Å². The highest BCUT2D eigenvalue weighted by Crippen LogP contribution is 2.37. The van der Waals surface area contributed by atoms with Crippen molar-refractivity contribution in [1.29, 1.82) is 0 Å². The Bertz CT molecular complexity index is 556. The highest BCUT2D eigenvalue weighted by Gasteiger charge is 2.35. The van der Waals surface area contributed by atoms with E-state index in [-0.39, 0.29) is 11.9 Å². The van der Waals surface area contributed by atoms with Crippen molar-refractivity contribution in [3.63, 3.8) is 0 Å². The monoisotopic (exact) mass is 321 g/mol. The van der Waals surface area contributed by atoms with Crippen LogP contribution in [0.2, 0.25) is 0 Å². The molecule has 2 atom stereocenters. The number of nitrogens with zero attached hydrogens (tertiary/aromatic N) is 1. The first-order chi connectivity index (χ1) is 11.2. The zero-order valence-electron chi connectivity index (χ0n) is 13.6. The van der Waals surface area contributed by atoms with E-state index < -0.39 is 6.10 Å². The van der Waals surface area contributed by atoms with Gasteiger partial charge in [-0.1, -0.05) is 6.07 Å². The van der Waals surface area contributed by atoms with Gasteiger partial charge < -0.3 is 23.8 Å². The number of carbonyl (C=O) groups is 1. The molecule has 23 heavy (non-hydrogen) atoms. The van der Waals surface area contributed by atoms with Gasteiger partial charge in [0.15, 0.2) is 17.6 Å². The fourth-order valence-corrected chi connectivity index (χ4v) is 3.25. The smallest absolute Gasteiger partial charge is 0.254 e. The van der Waals surface area contributed by atoms with Crippen LogP contribution in [0.5, 0.6) is 11.5 Å². The topological polar surface area (TPSA) is 57.2 Å². The average Bonchev–Trinajstić information content (AvgIpc) is 3.10. The zero-order chi connectivity index (χ0) is 16.2. The Hall–Kier alpha value is -1.79. The predicted octanol–water partition coefficient (Wildman–Crippen LogP) is 1.78. The van der Waals surface area contributed by atoms with Gasteiger partial charge in [-0.2, -0.15) is 0 Å². The number of methoxy groups -OCH3 is 2. The first-order valence-corrected chi connectivity index (χ1v) is 7.96. The molecule has 2 aliphatic heterocycles. The third-order valence-electron chi connectivity index (χ3n) is 4.42. The van der Waals surface area contributed by atoms with Crippen molar-refractivity contribution in [1.82, 2.24) is 4.90 Å². The molecule has 1 aromatic rings. The van der Waals surface area contributed by atoms with Crippen LogP contribution in [0.4, 0.5) is 0 Å². The number of amides is 1. The first-order valence-electron chi connectivity index (χ1n) is 7.96. The van der Waals surface area contributed by atoms with Crippen LogP contribution in [0, 0.1) is 0 Å². The lowest BCUT2D eigenvalue weighted by Crippen LogP contribution is -2.45. The molecule has 6 nitrogen and oxygen atoms in total. The zero-order valence-corrected chi connectivity index (χ0v) is 13.6. The van der Waals surface area contributed by atoms with E-state index in [1.54, 1.807) is 14.2 Å². The van der Waals surface area contributed by atoms with Gasteiger partial charge in [-0.15, -0.1) is 0 Å². The molecule has 6 heteroatoms. The standard InChI is InChI=1S/C17H23NO5/c1-20-14-6-5-12(10-15(14)21-2)13-4-3-7-18(13)17(19)16-11-22-8-9-23-16/h5-6,10,13,16H,3-4,7-9,11H2,1-2H3/t13-,16-/m0/s1. The van der Waals surface area contributed by atoms with Crippen LogP contribution in [-0.2, 0) is 14.3 Å². The molecule has 1 aromatic carbocycles.